The second-order valence-electron chi connectivity index (χ2n) is 9.54. The smallest absolute Gasteiger partial charge is 0.258 e. The number of fused-ring (bicyclic) bond motifs is 7. The fourth-order valence-corrected chi connectivity index (χ4v) is 4.69. The van der Waals surface area contributed by atoms with Crippen LogP contribution in [0.1, 0.15) is 28.2 Å². The van der Waals surface area contributed by atoms with Crippen LogP contribution in [0.15, 0.2) is 54.9 Å². The number of hydrogen-bond acceptors (Lipinski definition) is 7. The fourth-order valence-electron chi connectivity index (χ4n) is 4.69. The molecule has 2 aromatic carbocycles. The number of methoxy groups -OCH3 is 1. The summed E-state index contributed by atoms with van der Waals surface area (Å²) in [7, 11) is 1.49. The van der Waals surface area contributed by atoms with Crippen molar-refractivity contribution in [3.05, 3.63) is 71.8 Å². The standard InChI is InChI=1S/C28H31N5O6/c1-18-29-10-12-32(18)16-27(35)33-11-9-23-22(15-33)31-28(36)20-5-8-24(37-2)25(13-20)38-17-26(34)30-14-19-3-6-21(39-23)7-4-19/h3-8,10,12-13,22-23H,9,11,14-17H2,1-2H3,(H,30,34)(H,31,36)/t22-,23+/m0/s1. The highest BCUT2D eigenvalue weighted by Gasteiger charge is 2.34. The average Bonchev–Trinajstić information content (AvgIpc) is 3.35. The number of hydrogen-bond donors (Lipinski definition) is 2. The monoisotopic (exact) mass is 533 g/mol. The largest absolute Gasteiger partial charge is 0.493 e. The number of rotatable bonds is 3. The van der Waals surface area contributed by atoms with E-state index in [0.717, 1.165) is 11.4 Å². The Kier molecular flexibility index (Phi) is 7.67. The van der Waals surface area contributed by atoms with Gasteiger partial charge in [0.2, 0.25) is 5.91 Å². The van der Waals surface area contributed by atoms with Crippen LogP contribution in [0.2, 0.25) is 0 Å². The molecule has 0 saturated carbocycles. The van der Waals surface area contributed by atoms with Crippen molar-refractivity contribution in [2.45, 2.75) is 38.6 Å². The van der Waals surface area contributed by atoms with Gasteiger partial charge in [-0.1, -0.05) is 12.1 Å². The predicted octanol–water partition coefficient (Wildman–Crippen LogP) is 1.69. The number of benzene rings is 2. The molecule has 3 aliphatic rings. The molecular formula is C28H31N5O6. The van der Waals surface area contributed by atoms with Crippen molar-refractivity contribution in [2.75, 3.05) is 26.8 Å². The summed E-state index contributed by atoms with van der Waals surface area (Å²) in [6.07, 6.45) is 3.61. The van der Waals surface area contributed by atoms with Crippen molar-refractivity contribution >= 4 is 17.7 Å². The maximum Gasteiger partial charge on any atom is 0.258 e. The molecular weight excluding hydrogens is 502 g/mol. The maximum atomic E-state index is 13.4. The van der Waals surface area contributed by atoms with E-state index in [9.17, 15) is 14.4 Å². The summed E-state index contributed by atoms with van der Waals surface area (Å²) in [5.41, 5.74) is 1.23. The molecule has 4 heterocycles. The van der Waals surface area contributed by atoms with Gasteiger partial charge >= 0.3 is 0 Å². The van der Waals surface area contributed by atoms with Crippen LogP contribution < -0.4 is 24.8 Å². The van der Waals surface area contributed by atoms with Crippen LogP contribution in [-0.4, -0.2) is 71.1 Å². The predicted molar refractivity (Wildman–Crippen MR) is 141 cm³/mol. The summed E-state index contributed by atoms with van der Waals surface area (Å²) in [4.78, 5) is 44.8. The number of ether oxygens (including phenoxy) is 3. The van der Waals surface area contributed by atoms with E-state index in [1.807, 2.05) is 31.2 Å². The first-order chi connectivity index (χ1) is 18.9. The normalized spacial score (nSPS) is 19.6. The molecule has 0 spiro atoms. The fraction of sp³-hybridized carbons (Fsp3) is 0.357. The molecule has 2 atom stereocenters. The average molecular weight is 534 g/mol. The first kappa shape index (κ1) is 26.1. The summed E-state index contributed by atoms with van der Waals surface area (Å²) in [5, 5.41) is 5.88. The molecule has 0 unspecified atom stereocenters. The lowest BCUT2D eigenvalue weighted by molar-refractivity contribution is -0.134. The van der Waals surface area contributed by atoms with Gasteiger partial charge in [-0.3, -0.25) is 14.4 Å². The van der Waals surface area contributed by atoms with Crippen molar-refractivity contribution in [3.63, 3.8) is 0 Å². The number of piperidine rings is 1. The third-order valence-electron chi connectivity index (χ3n) is 6.93. The lowest BCUT2D eigenvalue weighted by Crippen LogP contribution is -2.58. The van der Waals surface area contributed by atoms with E-state index < -0.39 is 6.04 Å². The van der Waals surface area contributed by atoms with Gasteiger partial charge in [-0.25, -0.2) is 4.98 Å². The molecule has 204 valence electrons. The van der Waals surface area contributed by atoms with Crippen molar-refractivity contribution in [2.24, 2.45) is 0 Å². The van der Waals surface area contributed by atoms with Gasteiger partial charge in [0.05, 0.1) is 13.2 Å². The summed E-state index contributed by atoms with van der Waals surface area (Å²) < 4.78 is 19.2. The zero-order valence-electron chi connectivity index (χ0n) is 21.9. The van der Waals surface area contributed by atoms with Gasteiger partial charge < -0.3 is 34.3 Å². The van der Waals surface area contributed by atoms with Crippen LogP contribution >= 0.6 is 0 Å². The minimum Gasteiger partial charge on any atom is -0.493 e. The number of likely N-dealkylation sites (tertiary alicyclic amines) is 1. The van der Waals surface area contributed by atoms with E-state index >= 15 is 0 Å². The van der Waals surface area contributed by atoms with Gasteiger partial charge in [0, 0.05) is 44.0 Å². The number of aryl methyl sites for hydroxylation is 1. The molecule has 6 rings (SSSR count). The van der Waals surface area contributed by atoms with Gasteiger partial charge in [0.15, 0.2) is 18.1 Å². The third-order valence-corrected chi connectivity index (χ3v) is 6.93. The summed E-state index contributed by atoms with van der Waals surface area (Å²) in [6.45, 7) is 2.90. The van der Waals surface area contributed by atoms with Crippen LogP contribution in [-0.2, 0) is 22.7 Å². The number of nitrogens with zero attached hydrogens (tertiary/aromatic N) is 3. The number of aromatic nitrogens is 2. The van der Waals surface area contributed by atoms with E-state index in [-0.39, 0.29) is 42.7 Å². The topological polar surface area (TPSA) is 124 Å². The van der Waals surface area contributed by atoms with E-state index in [1.54, 1.807) is 40.1 Å². The van der Waals surface area contributed by atoms with Crippen molar-refractivity contribution in [1.82, 2.24) is 25.1 Å². The summed E-state index contributed by atoms with van der Waals surface area (Å²) in [6, 6.07) is 11.7. The minimum absolute atomic E-state index is 0.0613. The van der Waals surface area contributed by atoms with E-state index in [0.29, 0.717) is 43.1 Å². The zero-order chi connectivity index (χ0) is 27.4. The van der Waals surface area contributed by atoms with Gasteiger partial charge in [-0.2, -0.15) is 0 Å². The molecule has 1 aromatic heterocycles. The van der Waals surface area contributed by atoms with E-state index in [4.69, 9.17) is 14.2 Å². The van der Waals surface area contributed by atoms with E-state index in [2.05, 4.69) is 15.6 Å². The second kappa shape index (κ2) is 11.5. The Bertz CT molecular complexity index is 1350. The Balaban J connectivity index is 1.41. The molecule has 1 fully saturated rings. The molecule has 3 aliphatic heterocycles. The SMILES string of the molecule is COc1ccc2cc1OCC(=O)NCc1ccc(cc1)O[C@@H]1CCN(C(=O)Cn3ccnc3C)C[C@@H]1NC2=O. The van der Waals surface area contributed by atoms with Gasteiger partial charge in [0.1, 0.15) is 24.2 Å². The molecule has 11 nitrogen and oxygen atoms in total. The Hall–Kier alpha value is -4.54. The first-order valence-electron chi connectivity index (χ1n) is 12.8. The molecule has 3 amide bonds. The van der Waals surface area contributed by atoms with Crippen LogP contribution in [0.3, 0.4) is 0 Å². The molecule has 0 radical (unpaired) electrons. The number of nitrogens with one attached hydrogen (secondary N) is 2. The molecule has 2 N–H and O–H groups in total. The number of carbonyl (C=O) groups excluding carboxylic acids is 3. The number of carbonyl (C=O) groups is 3. The van der Waals surface area contributed by atoms with Crippen molar-refractivity contribution in [3.8, 4) is 17.2 Å². The molecule has 0 aliphatic carbocycles. The summed E-state index contributed by atoms with van der Waals surface area (Å²) >= 11 is 0. The maximum absolute atomic E-state index is 13.4. The van der Waals surface area contributed by atoms with Crippen LogP contribution in [0, 0.1) is 6.92 Å². The first-order valence-corrected chi connectivity index (χ1v) is 12.8. The van der Waals surface area contributed by atoms with Crippen molar-refractivity contribution < 1.29 is 28.6 Å². The van der Waals surface area contributed by atoms with Crippen LogP contribution in [0.4, 0.5) is 0 Å². The Labute approximate surface area is 226 Å². The van der Waals surface area contributed by atoms with Crippen molar-refractivity contribution in [1.29, 1.82) is 0 Å². The molecule has 11 heteroatoms. The van der Waals surface area contributed by atoms with Gasteiger partial charge in [-0.05, 0) is 42.8 Å². The van der Waals surface area contributed by atoms with Crippen LogP contribution in [0.25, 0.3) is 0 Å². The number of amides is 3. The summed E-state index contributed by atoms with van der Waals surface area (Å²) in [5.74, 6) is 1.35. The molecule has 3 aromatic rings. The zero-order valence-corrected chi connectivity index (χ0v) is 21.9. The molecule has 4 bridgehead atoms. The molecule has 1 saturated heterocycles. The quantitative estimate of drug-likeness (QED) is 0.525. The second-order valence-corrected chi connectivity index (χ2v) is 9.54. The van der Waals surface area contributed by atoms with Gasteiger partial charge in [-0.15, -0.1) is 0 Å². The third kappa shape index (κ3) is 6.14. The van der Waals surface area contributed by atoms with E-state index in [1.165, 1.54) is 7.11 Å². The number of imidazole rings is 1. The Morgan fingerprint density at radius 3 is 2.74 bits per heavy atom. The molecule has 39 heavy (non-hydrogen) atoms. The minimum atomic E-state index is -0.468. The van der Waals surface area contributed by atoms with Gasteiger partial charge in [0.25, 0.3) is 11.8 Å². The lowest BCUT2D eigenvalue weighted by atomic mass is 10.0. The highest BCUT2D eigenvalue weighted by Crippen LogP contribution is 2.28. The highest BCUT2D eigenvalue weighted by atomic mass is 16.5. The Morgan fingerprint density at radius 1 is 1.18 bits per heavy atom. The van der Waals surface area contributed by atoms with Crippen LogP contribution in [0.5, 0.6) is 17.2 Å². The Morgan fingerprint density at radius 2 is 2.00 bits per heavy atom. The lowest BCUT2D eigenvalue weighted by Gasteiger charge is -2.39. The highest BCUT2D eigenvalue weighted by molar-refractivity contribution is 5.95.